The Morgan fingerprint density at radius 3 is 2.52 bits per heavy atom. The molecule has 2 atom stereocenters. The average molecular weight is 334 g/mol. The standard InChI is InChI=1S/C12H18N2O5S2/c1-9(20(2)17)7-8-13-10-5-4-6-11(21(3,18)19)12(10)14(15)16/h4-6,9,13H,7-8H2,1-3H3. The van der Waals surface area contributed by atoms with E-state index in [9.17, 15) is 22.7 Å². The highest BCUT2D eigenvalue weighted by Crippen LogP contribution is 2.31. The molecule has 0 amide bonds. The van der Waals surface area contributed by atoms with Gasteiger partial charge in [0.25, 0.3) is 0 Å². The van der Waals surface area contributed by atoms with Gasteiger partial charge in [0.2, 0.25) is 0 Å². The molecule has 1 N–H and O–H groups in total. The van der Waals surface area contributed by atoms with Crippen LogP contribution in [-0.4, -0.2) is 41.9 Å². The van der Waals surface area contributed by atoms with Crippen molar-refractivity contribution in [3.05, 3.63) is 28.3 Å². The van der Waals surface area contributed by atoms with Crippen LogP contribution in [0, 0.1) is 10.1 Å². The van der Waals surface area contributed by atoms with Crippen molar-refractivity contribution in [3.63, 3.8) is 0 Å². The lowest BCUT2D eigenvalue weighted by Crippen LogP contribution is -2.15. The van der Waals surface area contributed by atoms with Gasteiger partial charge in [-0.3, -0.25) is 14.3 Å². The van der Waals surface area contributed by atoms with Crippen molar-refractivity contribution in [2.24, 2.45) is 0 Å². The normalized spacial score (nSPS) is 14.4. The highest BCUT2D eigenvalue weighted by atomic mass is 32.2. The maximum atomic E-state index is 11.6. The van der Waals surface area contributed by atoms with Crippen molar-refractivity contribution in [2.75, 3.05) is 24.4 Å². The van der Waals surface area contributed by atoms with Gasteiger partial charge in [0.15, 0.2) is 9.84 Å². The van der Waals surface area contributed by atoms with E-state index in [0.717, 1.165) is 6.26 Å². The molecule has 7 nitrogen and oxygen atoms in total. The van der Waals surface area contributed by atoms with E-state index >= 15 is 0 Å². The Kier molecular flexibility index (Phi) is 5.85. The molecule has 0 saturated heterocycles. The van der Waals surface area contributed by atoms with Crippen LogP contribution in [0.2, 0.25) is 0 Å². The lowest BCUT2D eigenvalue weighted by atomic mass is 10.2. The summed E-state index contributed by atoms with van der Waals surface area (Å²) in [4.78, 5) is 10.1. The number of nitrogens with one attached hydrogen (secondary N) is 1. The number of hydrogen-bond donors (Lipinski definition) is 1. The SMILES string of the molecule is CC(CCNc1cccc(S(C)(=O)=O)c1[N+](=O)[O-])S(C)=O. The number of sulfone groups is 1. The molecule has 0 spiro atoms. The fourth-order valence-electron chi connectivity index (χ4n) is 1.73. The Morgan fingerprint density at radius 1 is 1.43 bits per heavy atom. The largest absolute Gasteiger partial charge is 0.379 e. The van der Waals surface area contributed by atoms with Gasteiger partial charge >= 0.3 is 5.69 Å². The maximum Gasteiger partial charge on any atom is 0.310 e. The monoisotopic (exact) mass is 334 g/mol. The average Bonchev–Trinajstić information content (AvgIpc) is 2.36. The highest BCUT2D eigenvalue weighted by molar-refractivity contribution is 7.90. The van der Waals surface area contributed by atoms with Crippen molar-refractivity contribution >= 4 is 32.0 Å². The number of nitro benzene ring substituents is 1. The van der Waals surface area contributed by atoms with E-state index in [0.29, 0.717) is 13.0 Å². The van der Waals surface area contributed by atoms with Crippen LogP contribution in [0.1, 0.15) is 13.3 Å². The highest BCUT2D eigenvalue weighted by Gasteiger charge is 2.25. The molecular formula is C12H18N2O5S2. The Morgan fingerprint density at radius 2 is 2.05 bits per heavy atom. The summed E-state index contributed by atoms with van der Waals surface area (Å²) in [6.45, 7) is 2.19. The predicted octanol–water partition coefficient (Wildman–Crippen LogP) is 1.57. The minimum atomic E-state index is -3.69. The first-order chi connectivity index (χ1) is 9.64. The Hall–Kier alpha value is -1.48. The summed E-state index contributed by atoms with van der Waals surface area (Å²) in [7, 11) is -4.66. The van der Waals surface area contributed by atoms with Crippen molar-refractivity contribution in [2.45, 2.75) is 23.5 Å². The van der Waals surface area contributed by atoms with Gasteiger partial charge in [-0.2, -0.15) is 0 Å². The molecule has 2 unspecified atom stereocenters. The van der Waals surface area contributed by atoms with Gasteiger partial charge in [-0.25, -0.2) is 8.42 Å². The molecule has 0 bridgehead atoms. The zero-order chi connectivity index (χ0) is 16.2. The molecule has 1 rings (SSSR count). The molecule has 21 heavy (non-hydrogen) atoms. The summed E-state index contributed by atoms with van der Waals surface area (Å²) in [5.74, 6) is 0. The minimum Gasteiger partial charge on any atom is -0.379 e. The second kappa shape index (κ2) is 6.99. The van der Waals surface area contributed by atoms with Crippen LogP contribution in [0.5, 0.6) is 0 Å². The molecule has 118 valence electrons. The van der Waals surface area contributed by atoms with Crippen LogP contribution < -0.4 is 5.32 Å². The molecule has 1 aromatic carbocycles. The molecule has 0 fully saturated rings. The van der Waals surface area contributed by atoms with E-state index < -0.39 is 31.2 Å². The number of para-hydroxylation sites is 1. The minimum absolute atomic E-state index is 0.0466. The molecular weight excluding hydrogens is 316 g/mol. The van der Waals surface area contributed by atoms with Crippen LogP contribution in [0.25, 0.3) is 0 Å². The van der Waals surface area contributed by atoms with Gasteiger partial charge in [-0.05, 0) is 18.6 Å². The first kappa shape index (κ1) is 17.6. The van der Waals surface area contributed by atoms with Crippen molar-refractivity contribution in [3.8, 4) is 0 Å². The van der Waals surface area contributed by atoms with Crippen molar-refractivity contribution in [1.29, 1.82) is 0 Å². The first-order valence-electron chi connectivity index (χ1n) is 6.18. The molecule has 1 aromatic rings. The van der Waals surface area contributed by atoms with Crippen LogP contribution in [0.3, 0.4) is 0 Å². The van der Waals surface area contributed by atoms with E-state index in [1.54, 1.807) is 6.26 Å². The topological polar surface area (TPSA) is 106 Å². The second-order valence-electron chi connectivity index (χ2n) is 4.71. The zero-order valence-electron chi connectivity index (χ0n) is 12.0. The van der Waals surface area contributed by atoms with E-state index in [1.165, 1.54) is 18.2 Å². The molecule has 0 aliphatic carbocycles. The lowest BCUT2D eigenvalue weighted by Gasteiger charge is -2.11. The van der Waals surface area contributed by atoms with E-state index in [1.807, 2.05) is 6.92 Å². The number of benzene rings is 1. The van der Waals surface area contributed by atoms with E-state index in [4.69, 9.17) is 0 Å². The van der Waals surface area contributed by atoms with E-state index in [2.05, 4.69) is 5.32 Å². The van der Waals surface area contributed by atoms with Crippen molar-refractivity contribution in [1.82, 2.24) is 0 Å². The lowest BCUT2D eigenvalue weighted by molar-refractivity contribution is -0.386. The fraction of sp³-hybridized carbons (Fsp3) is 0.500. The van der Waals surface area contributed by atoms with Gasteiger partial charge in [-0.15, -0.1) is 0 Å². The van der Waals surface area contributed by atoms with Crippen LogP contribution in [-0.2, 0) is 20.6 Å². The van der Waals surface area contributed by atoms with Gasteiger partial charge < -0.3 is 5.32 Å². The third-order valence-electron chi connectivity index (χ3n) is 3.01. The van der Waals surface area contributed by atoms with Crippen molar-refractivity contribution < 1.29 is 17.6 Å². The number of nitro groups is 1. The fourth-order valence-corrected chi connectivity index (χ4v) is 3.04. The summed E-state index contributed by atoms with van der Waals surface area (Å²) < 4.78 is 34.5. The summed E-state index contributed by atoms with van der Waals surface area (Å²) in [6.07, 6.45) is 3.09. The van der Waals surface area contributed by atoms with Crippen LogP contribution in [0.4, 0.5) is 11.4 Å². The third kappa shape index (κ3) is 4.78. The first-order valence-corrected chi connectivity index (χ1v) is 9.69. The van der Waals surface area contributed by atoms with Gasteiger partial charge in [0.05, 0.1) is 4.92 Å². The summed E-state index contributed by atoms with van der Waals surface area (Å²) in [5.41, 5.74) is -0.303. The molecule has 9 heteroatoms. The third-order valence-corrected chi connectivity index (χ3v) is 5.51. The molecule has 0 saturated carbocycles. The molecule has 0 radical (unpaired) electrons. The molecule has 0 heterocycles. The zero-order valence-corrected chi connectivity index (χ0v) is 13.7. The number of rotatable bonds is 7. The quantitative estimate of drug-likeness (QED) is 0.599. The second-order valence-corrected chi connectivity index (χ2v) is 8.49. The smallest absolute Gasteiger partial charge is 0.310 e. The number of nitrogens with zero attached hydrogens (tertiary/aromatic N) is 1. The molecule has 0 aliphatic rings. The Bertz CT molecular complexity index is 658. The Labute approximate surface area is 126 Å². The molecule has 0 aromatic heterocycles. The number of anilines is 1. The van der Waals surface area contributed by atoms with Crippen LogP contribution >= 0.6 is 0 Å². The predicted molar refractivity (Wildman–Crippen MR) is 82.8 cm³/mol. The summed E-state index contributed by atoms with van der Waals surface area (Å²) >= 11 is 0. The summed E-state index contributed by atoms with van der Waals surface area (Å²) in [6, 6.07) is 4.12. The van der Waals surface area contributed by atoms with Gasteiger partial charge in [-0.1, -0.05) is 13.0 Å². The summed E-state index contributed by atoms with van der Waals surface area (Å²) in [5, 5.41) is 14.0. The van der Waals surface area contributed by atoms with Gasteiger partial charge in [0.1, 0.15) is 10.6 Å². The Balaban J connectivity index is 3.03. The van der Waals surface area contributed by atoms with Crippen LogP contribution in [0.15, 0.2) is 23.1 Å². The molecule has 0 aliphatic heterocycles. The maximum absolute atomic E-state index is 11.6. The van der Waals surface area contributed by atoms with E-state index in [-0.39, 0.29) is 15.8 Å². The number of hydrogen-bond acceptors (Lipinski definition) is 6. The van der Waals surface area contributed by atoms with Gasteiger partial charge in [0, 0.05) is 35.1 Å².